The molecule has 0 aliphatic heterocycles. The number of hydrogen-bond donors (Lipinski definition) is 0. The first-order valence-corrected chi connectivity index (χ1v) is 17.8. The van der Waals surface area contributed by atoms with Crippen LogP contribution in [0.1, 0.15) is 60.9 Å². The Balaban J connectivity index is 1.27. The van der Waals surface area contributed by atoms with Crippen LogP contribution in [0.2, 0.25) is 0 Å². The van der Waals surface area contributed by atoms with Crippen molar-refractivity contribution in [2.24, 2.45) is 0 Å². The molecule has 1 heterocycles. The predicted octanol–water partition coefficient (Wildman–Crippen LogP) is 12.3. The van der Waals surface area contributed by atoms with Crippen LogP contribution in [-0.4, -0.2) is 9.97 Å². The van der Waals surface area contributed by atoms with E-state index >= 15 is 0 Å². The SMILES string of the molecule is C/C=C(\C=C/CC)c1ccc(-c2nc(-c3ccccc3)cc(-c3cccc4c3-c3ccccc3C43C4=CCCC=C4c4ccccc43)n2)cc1. The van der Waals surface area contributed by atoms with Gasteiger partial charge in [-0.1, -0.05) is 159 Å². The van der Waals surface area contributed by atoms with Crippen molar-refractivity contribution in [2.45, 2.75) is 38.5 Å². The maximum absolute atomic E-state index is 5.37. The summed E-state index contributed by atoms with van der Waals surface area (Å²) in [5.74, 6) is 0.726. The molecular weight excluding hydrogens is 605 g/mol. The number of aromatic nitrogens is 2. The lowest BCUT2D eigenvalue weighted by molar-refractivity contribution is 0.782. The van der Waals surface area contributed by atoms with Crippen molar-refractivity contribution in [1.82, 2.24) is 9.97 Å². The third-order valence-corrected chi connectivity index (χ3v) is 10.6. The summed E-state index contributed by atoms with van der Waals surface area (Å²) >= 11 is 0. The van der Waals surface area contributed by atoms with Gasteiger partial charge in [0.05, 0.1) is 16.8 Å². The standard InChI is InChI=1S/C48H38N2/c1-3-5-16-32(4-2)33-27-29-35(30-28-33)47-49-44(34-17-7-6-8-18-34)31-45(50-47)39-22-15-26-43-46(39)38-21-11-14-25-42(38)48(43)40-23-12-9-19-36(40)37-20-10-13-24-41(37)48/h4-9,11-12,14-31H,3,10,13H2,1-2H3/b16-5-,32-4+. The summed E-state index contributed by atoms with van der Waals surface area (Å²) in [6.07, 6.45) is 14.7. The molecule has 240 valence electrons. The topological polar surface area (TPSA) is 25.8 Å². The number of benzene rings is 5. The van der Waals surface area contributed by atoms with E-state index in [-0.39, 0.29) is 5.41 Å². The van der Waals surface area contributed by atoms with Crippen LogP contribution in [0.3, 0.4) is 0 Å². The minimum absolute atomic E-state index is 0.352. The second-order valence-corrected chi connectivity index (χ2v) is 13.3. The Labute approximate surface area is 294 Å². The molecule has 1 spiro atoms. The second kappa shape index (κ2) is 12.2. The first kappa shape index (κ1) is 30.2. The molecule has 2 heteroatoms. The van der Waals surface area contributed by atoms with Crippen molar-refractivity contribution >= 4 is 11.1 Å². The van der Waals surface area contributed by atoms with Gasteiger partial charge in [0.2, 0.25) is 0 Å². The van der Waals surface area contributed by atoms with Crippen molar-refractivity contribution in [1.29, 1.82) is 0 Å². The quantitative estimate of drug-likeness (QED) is 0.169. The molecular formula is C48H38N2. The Kier molecular flexibility index (Phi) is 7.39. The molecule has 0 N–H and O–H groups in total. The van der Waals surface area contributed by atoms with Gasteiger partial charge in [0.25, 0.3) is 0 Å². The maximum Gasteiger partial charge on any atom is 0.160 e. The van der Waals surface area contributed by atoms with E-state index in [1.54, 1.807) is 0 Å². The molecule has 3 aliphatic rings. The molecule has 6 aromatic rings. The van der Waals surface area contributed by atoms with Crippen LogP contribution in [0.4, 0.5) is 0 Å². The van der Waals surface area contributed by atoms with Crippen LogP contribution in [0, 0.1) is 0 Å². The van der Waals surface area contributed by atoms with Crippen molar-refractivity contribution in [2.75, 3.05) is 0 Å². The fourth-order valence-corrected chi connectivity index (χ4v) is 8.48. The molecule has 0 bridgehead atoms. The number of fused-ring (bicyclic) bond motifs is 10. The van der Waals surface area contributed by atoms with E-state index in [1.807, 2.05) is 0 Å². The summed E-state index contributed by atoms with van der Waals surface area (Å²) in [6.45, 7) is 4.25. The first-order valence-electron chi connectivity index (χ1n) is 17.8. The van der Waals surface area contributed by atoms with Crippen LogP contribution >= 0.6 is 0 Å². The van der Waals surface area contributed by atoms with Gasteiger partial charge in [0.1, 0.15) is 0 Å². The monoisotopic (exact) mass is 642 g/mol. The number of allylic oxidation sites excluding steroid dienone is 8. The van der Waals surface area contributed by atoms with E-state index in [1.165, 1.54) is 55.7 Å². The Morgan fingerprint density at radius 1 is 0.640 bits per heavy atom. The molecule has 5 aromatic carbocycles. The van der Waals surface area contributed by atoms with Gasteiger partial charge < -0.3 is 0 Å². The summed E-state index contributed by atoms with van der Waals surface area (Å²) in [4.78, 5) is 10.5. The molecule has 3 aliphatic carbocycles. The van der Waals surface area contributed by atoms with Crippen molar-refractivity contribution in [3.8, 4) is 45.0 Å². The molecule has 50 heavy (non-hydrogen) atoms. The van der Waals surface area contributed by atoms with Gasteiger partial charge in [-0.3, -0.25) is 0 Å². The van der Waals surface area contributed by atoms with Crippen LogP contribution in [0.25, 0.3) is 56.2 Å². The van der Waals surface area contributed by atoms with Gasteiger partial charge in [-0.05, 0) is 87.9 Å². The summed E-state index contributed by atoms with van der Waals surface area (Å²) in [6, 6.07) is 46.3. The third kappa shape index (κ3) is 4.55. The largest absolute Gasteiger partial charge is 0.228 e. The number of nitrogens with zero attached hydrogens (tertiary/aromatic N) is 2. The minimum Gasteiger partial charge on any atom is -0.228 e. The highest BCUT2D eigenvalue weighted by molar-refractivity contribution is 6.03. The van der Waals surface area contributed by atoms with E-state index in [9.17, 15) is 0 Å². The molecule has 0 saturated heterocycles. The van der Waals surface area contributed by atoms with Crippen molar-refractivity contribution in [3.05, 3.63) is 191 Å². The molecule has 0 saturated carbocycles. The number of rotatable bonds is 6. The Hall–Kier alpha value is -5.86. The molecule has 1 aromatic heterocycles. The summed E-state index contributed by atoms with van der Waals surface area (Å²) < 4.78 is 0. The average Bonchev–Trinajstić information content (AvgIpc) is 3.66. The van der Waals surface area contributed by atoms with E-state index in [0.717, 1.165) is 53.2 Å². The lowest BCUT2D eigenvalue weighted by Gasteiger charge is -2.31. The van der Waals surface area contributed by atoms with Gasteiger partial charge in [-0.25, -0.2) is 9.97 Å². The number of hydrogen-bond acceptors (Lipinski definition) is 2. The first-order chi connectivity index (χ1) is 24.7. The summed E-state index contributed by atoms with van der Waals surface area (Å²) in [7, 11) is 0. The highest BCUT2D eigenvalue weighted by Gasteiger charge is 2.53. The van der Waals surface area contributed by atoms with E-state index in [4.69, 9.17) is 9.97 Å². The third-order valence-electron chi connectivity index (χ3n) is 10.6. The van der Waals surface area contributed by atoms with Gasteiger partial charge in [-0.15, -0.1) is 0 Å². The predicted molar refractivity (Wildman–Crippen MR) is 208 cm³/mol. The zero-order valence-corrected chi connectivity index (χ0v) is 28.5. The van der Waals surface area contributed by atoms with Gasteiger partial charge in [0, 0.05) is 16.7 Å². The van der Waals surface area contributed by atoms with Crippen LogP contribution < -0.4 is 0 Å². The van der Waals surface area contributed by atoms with E-state index in [0.29, 0.717) is 0 Å². The average molecular weight is 643 g/mol. The minimum atomic E-state index is -0.352. The summed E-state index contributed by atoms with van der Waals surface area (Å²) in [5, 5.41) is 0. The zero-order valence-electron chi connectivity index (χ0n) is 28.5. The fourth-order valence-electron chi connectivity index (χ4n) is 8.48. The smallest absolute Gasteiger partial charge is 0.160 e. The molecule has 1 atom stereocenters. The summed E-state index contributed by atoms with van der Waals surface area (Å²) in [5.41, 5.74) is 17.9. The Bertz CT molecular complexity index is 2410. The van der Waals surface area contributed by atoms with Crippen molar-refractivity contribution in [3.63, 3.8) is 0 Å². The lowest BCUT2D eigenvalue weighted by atomic mass is 9.69. The molecule has 0 amide bonds. The van der Waals surface area contributed by atoms with Gasteiger partial charge in [0.15, 0.2) is 5.82 Å². The molecule has 0 radical (unpaired) electrons. The van der Waals surface area contributed by atoms with Crippen molar-refractivity contribution < 1.29 is 0 Å². The zero-order chi connectivity index (χ0) is 33.7. The van der Waals surface area contributed by atoms with Crippen LogP contribution in [-0.2, 0) is 5.41 Å². The van der Waals surface area contributed by atoms with Gasteiger partial charge in [-0.2, -0.15) is 0 Å². The fraction of sp³-hybridized carbons (Fsp3) is 0.125. The van der Waals surface area contributed by atoms with E-state index < -0.39 is 0 Å². The van der Waals surface area contributed by atoms with Gasteiger partial charge >= 0.3 is 0 Å². The highest BCUT2D eigenvalue weighted by atomic mass is 14.9. The highest BCUT2D eigenvalue weighted by Crippen LogP contribution is 2.65. The Morgan fingerprint density at radius 2 is 1.30 bits per heavy atom. The van der Waals surface area contributed by atoms with E-state index in [2.05, 4.69) is 172 Å². The van der Waals surface area contributed by atoms with Crippen LogP contribution in [0.5, 0.6) is 0 Å². The normalized spacial score (nSPS) is 17.3. The molecule has 2 nitrogen and oxygen atoms in total. The Morgan fingerprint density at radius 3 is 2.08 bits per heavy atom. The molecule has 9 rings (SSSR count). The molecule has 0 fully saturated rings. The molecule has 1 unspecified atom stereocenters. The maximum atomic E-state index is 5.37. The second-order valence-electron chi connectivity index (χ2n) is 13.3. The van der Waals surface area contributed by atoms with Crippen LogP contribution in [0.15, 0.2) is 163 Å². The lowest BCUT2D eigenvalue weighted by Crippen LogP contribution is -2.26.